The van der Waals surface area contributed by atoms with Crippen LogP contribution in [0.4, 0.5) is 11.4 Å². The minimum atomic E-state index is -2.03. The van der Waals surface area contributed by atoms with E-state index in [1.807, 2.05) is 26.8 Å². The molecule has 5 aliphatic rings. The van der Waals surface area contributed by atoms with Crippen molar-refractivity contribution in [2.75, 3.05) is 37.5 Å². The summed E-state index contributed by atoms with van der Waals surface area (Å²) in [6, 6.07) is 3.54. The molecule has 1 amide bonds. The van der Waals surface area contributed by atoms with Crippen LogP contribution in [0.15, 0.2) is 57.5 Å². The summed E-state index contributed by atoms with van der Waals surface area (Å²) in [5.74, 6) is -5.35. The average molecular weight is 898 g/mol. The topological polar surface area (TPSA) is 220 Å². The summed E-state index contributed by atoms with van der Waals surface area (Å²) in [4.78, 5) is 50.4. The molecule has 4 aromatic rings. The highest BCUT2D eigenvalue weighted by molar-refractivity contribution is 6.26. The van der Waals surface area contributed by atoms with Gasteiger partial charge < -0.3 is 58.7 Å². The summed E-state index contributed by atoms with van der Waals surface area (Å²) in [6.07, 6.45) is 5.58. The third kappa shape index (κ3) is 7.62. The number of amides is 1. The second-order valence-electron chi connectivity index (χ2n) is 18.5. The molecule has 65 heavy (non-hydrogen) atoms. The first kappa shape index (κ1) is 46.0. The fraction of sp³-hybridized carbons (Fsp3) is 0.510. The summed E-state index contributed by atoms with van der Waals surface area (Å²) in [5.41, 5.74) is -0.574. The van der Waals surface area contributed by atoms with Gasteiger partial charge in [0.25, 0.3) is 11.7 Å². The SMILES string of the molecule is COc1cc(N2CCC(O)CC2)cc2oc3c4c(O)c5c(=O)c(C)c6c(c5c3nc12)C(=O)[C@@](C)(O/C=C/[C@H](OC)[C@@H](C)[C@@H](O)[C@H](C)[C@H](O)[C@H](C)[C@H]1OC(C)(/C=C/C=C(/C)C(=O)N4)[C@@H]1C)O6. The monoisotopic (exact) mass is 897 g/mol. The summed E-state index contributed by atoms with van der Waals surface area (Å²) in [6.45, 7) is 15.0. The number of benzene rings is 3. The molecule has 2 fully saturated rings. The smallest absolute Gasteiger partial charge is 0.312 e. The normalized spacial score (nSPS) is 33.2. The van der Waals surface area contributed by atoms with Crippen molar-refractivity contribution in [3.8, 4) is 17.2 Å². The Hall–Kier alpha value is -5.52. The number of methoxy groups -OCH3 is 2. The van der Waals surface area contributed by atoms with Crippen molar-refractivity contribution in [2.24, 2.45) is 23.7 Å². The highest BCUT2D eigenvalue weighted by Gasteiger charge is 2.52. The predicted molar refractivity (Wildman–Crippen MR) is 244 cm³/mol. The molecule has 0 spiro atoms. The molecule has 0 aliphatic carbocycles. The first-order chi connectivity index (χ1) is 30.7. The van der Waals surface area contributed by atoms with Gasteiger partial charge in [-0.25, -0.2) is 4.98 Å². The van der Waals surface area contributed by atoms with Gasteiger partial charge in [-0.1, -0.05) is 45.9 Å². The van der Waals surface area contributed by atoms with Crippen LogP contribution in [-0.2, 0) is 19.0 Å². The Labute approximate surface area is 376 Å². The number of aliphatic hydroxyl groups is 3. The number of aromatic hydroxyl groups is 1. The van der Waals surface area contributed by atoms with E-state index >= 15 is 0 Å². The fourth-order valence-corrected chi connectivity index (χ4v) is 9.85. The maximum atomic E-state index is 14.8. The Kier molecular flexibility index (Phi) is 12.1. The number of carbonyl (C=O) groups is 2. The molecule has 3 aromatic carbocycles. The van der Waals surface area contributed by atoms with Crippen molar-refractivity contribution >= 4 is 56.0 Å². The van der Waals surface area contributed by atoms with Crippen LogP contribution in [0.3, 0.4) is 0 Å². The lowest BCUT2D eigenvalue weighted by Gasteiger charge is -2.54. The molecular formula is C49H59N3O13. The van der Waals surface area contributed by atoms with Crippen molar-refractivity contribution in [3.63, 3.8) is 0 Å². The number of allylic oxidation sites excluding steroid dienone is 2. The molecule has 348 valence electrons. The van der Waals surface area contributed by atoms with Crippen molar-refractivity contribution in [1.29, 1.82) is 0 Å². The Morgan fingerprint density at radius 1 is 0.923 bits per heavy atom. The first-order valence-corrected chi connectivity index (χ1v) is 22.2. The number of anilines is 2. The number of nitrogens with one attached hydrogen (secondary N) is 1. The maximum absolute atomic E-state index is 14.8. The molecule has 16 nitrogen and oxygen atoms in total. The Morgan fingerprint density at radius 2 is 1.62 bits per heavy atom. The summed E-state index contributed by atoms with van der Waals surface area (Å²) < 4.78 is 36.9. The standard InChI is InChI=1S/C49H59N3O13/c1-22-12-11-16-48(7)27(6)43(64-48)25(4)40(55)24(3)39(54)23(2)30(60-9)15-19-62-49(8)46(58)35-33-34(41(56)26(5)44(35)65-49)42(57)38(51-47(22)59)45-37(33)50-36-31(61-10)20-28(21-32(36)63-45)52-17-13-29(53)14-18-52/h11-12,15-16,19-21,23-25,27,29-30,39-40,43,53-55,57H,13-14,17-18H2,1-10H3,(H,51,59)/b16-11+,19-15+,22-12-/t23-,24+,25+,27-,30+,39-,40+,43-,48?,49+/m1/s1. The van der Waals surface area contributed by atoms with Crippen molar-refractivity contribution in [3.05, 3.63) is 69.6 Å². The molecule has 1 unspecified atom stereocenters. The summed E-state index contributed by atoms with van der Waals surface area (Å²) in [7, 11) is 2.95. The largest absolute Gasteiger partial charge is 0.505 e. The number of ether oxygens (including phenoxy) is 5. The highest BCUT2D eigenvalue weighted by Crippen LogP contribution is 2.50. The Bertz CT molecular complexity index is 2740. The fourth-order valence-electron chi connectivity index (χ4n) is 9.85. The molecule has 10 atom stereocenters. The van der Waals surface area contributed by atoms with Gasteiger partial charge >= 0.3 is 5.79 Å². The second-order valence-corrected chi connectivity index (χ2v) is 18.5. The van der Waals surface area contributed by atoms with Crippen LogP contribution in [0.5, 0.6) is 17.2 Å². The molecule has 5 N–H and O–H groups in total. The third-order valence-electron chi connectivity index (χ3n) is 14.4. The second kappa shape index (κ2) is 17.0. The number of Topliss-reactive ketones (excluding diaryl/α,β-unsaturated/α-hetero) is 1. The lowest BCUT2D eigenvalue weighted by Crippen LogP contribution is -2.60. The molecular weight excluding hydrogens is 839 g/mol. The lowest BCUT2D eigenvalue weighted by atomic mass is 9.70. The Morgan fingerprint density at radius 3 is 2.28 bits per heavy atom. The van der Waals surface area contributed by atoms with Crippen LogP contribution in [0.1, 0.15) is 77.2 Å². The van der Waals surface area contributed by atoms with Crippen molar-refractivity contribution in [1.82, 2.24) is 4.98 Å². The van der Waals surface area contributed by atoms with E-state index in [0.29, 0.717) is 31.7 Å². The molecule has 9 rings (SSSR count). The molecule has 16 heteroatoms. The van der Waals surface area contributed by atoms with Crippen LogP contribution in [0.2, 0.25) is 0 Å². The van der Waals surface area contributed by atoms with Crippen molar-refractivity contribution < 1.29 is 58.1 Å². The molecule has 6 bridgehead atoms. The van der Waals surface area contributed by atoms with E-state index < -0.39 is 70.5 Å². The first-order valence-electron chi connectivity index (χ1n) is 22.2. The number of piperidine rings is 1. The van der Waals surface area contributed by atoms with Crippen LogP contribution in [-0.4, -0.2) is 106 Å². The molecule has 1 aromatic heterocycles. The van der Waals surface area contributed by atoms with Gasteiger partial charge in [0.05, 0.1) is 60.4 Å². The molecule has 0 saturated carbocycles. The zero-order valence-corrected chi connectivity index (χ0v) is 38.4. The zero-order valence-electron chi connectivity index (χ0n) is 38.4. The van der Waals surface area contributed by atoms with E-state index in [1.54, 1.807) is 45.1 Å². The number of fused-ring (bicyclic) bond motifs is 11. The van der Waals surface area contributed by atoms with Crippen molar-refractivity contribution in [2.45, 2.75) is 110 Å². The molecule has 5 aliphatic heterocycles. The van der Waals surface area contributed by atoms with E-state index in [0.717, 1.165) is 5.69 Å². The predicted octanol–water partition coefficient (Wildman–Crippen LogP) is 6.19. The minimum Gasteiger partial charge on any atom is -0.505 e. The van der Waals surface area contributed by atoms with E-state index in [1.165, 1.54) is 40.4 Å². The van der Waals surface area contributed by atoms with E-state index in [4.69, 9.17) is 33.1 Å². The highest BCUT2D eigenvalue weighted by atomic mass is 16.7. The number of aliphatic hydroxyl groups excluding tert-OH is 3. The Balaban J connectivity index is 1.34. The van der Waals surface area contributed by atoms with Crippen LogP contribution in [0, 0.1) is 30.6 Å². The van der Waals surface area contributed by atoms with E-state index in [-0.39, 0.29) is 79.0 Å². The van der Waals surface area contributed by atoms with Crippen LogP contribution < -0.4 is 25.1 Å². The number of hydrogen-bond donors (Lipinski definition) is 5. The van der Waals surface area contributed by atoms with Crippen LogP contribution in [0.25, 0.3) is 33.0 Å². The summed E-state index contributed by atoms with van der Waals surface area (Å²) >= 11 is 0. The molecule has 6 heterocycles. The third-order valence-corrected chi connectivity index (χ3v) is 14.4. The van der Waals surface area contributed by atoms with Gasteiger partial charge in [0.15, 0.2) is 22.3 Å². The number of ketones is 1. The van der Waals surface area contributed by atoms with Gasteiger partial charge in [-0.05, 0) is 39.7 Å². The number of rotatable bonds is 3. The summed E-state index contributed by atoms with van der Waals surface area (Å²) in [5, 5.41) is 47.9. The number of nitrogens with zero attached hydrogens (tertiary/aromatic N) is 2. The van der Waals surface area contributed by atoms with Gasteiger partial charge in [0.2, 0.25) is 0 Å². The molecule has 2 saturated heterocycles. The number of carbonyl (C=O) groups excluding carboxylic acids is 2. The average Bonchev–Trinajstić information content (AvgIpc) is 3.56. The van der Waals surface area contributed by atoms with E-state index in [2.05, 4.69) is 10.2 Å². The van der Waals surface area contributed by atoms with Crippen LogP contribution >= 0.6 is 0 Å². The molecule has 0 radical (unpaired) electrons. The maximum Gasteiger partial charge on any atom is 0.312 e. The minimum absolute atomic E-state index is 0.00482. The lowest BCUT2D eigenvalue weighted by molar-refractivity contribution is -0.251. The van der Waals surface area contributed by atoms with Gasteiger partial charge in [-0.3, -0.25) is 14.4 Å². The quantitative estimate of drug-likeness (QED) is 0.0879. The van der Waals surface area contributed by atoms with Gasteiger partial charge in [-0.2, -0.15) is 0 Å². The zero-order chi connectivity index (χ0) is 47.0. The number of aromatic nitrogens is 1. The van der Waals surface area contributed by atoms with E-state index in [9.17, 15) is 34.8 Å². The number of hydrogen-bond acceptors (Lipinski definition) is 15. The van der Waals surface area contributed by atoms with Gasteiger partial charge in [-0.15, -0.1) is 0 Å². The van der Waals surface area contributed by atoms with Gasteiger partial charge in [0, 0.05) is 85.1 Å². The number of phenolic OH excluding ortho intramolecular Hbond substituents is 1. The number of phenols is 1. The van der Waals surface area contributed by atoms with Gasteiger partial charge in [0.1, 0.15) is 28.2 Å².